The van der Waals surface area contributed by atoms with Crippen LogP contribution in [0.15, 0.2) is 54.6 Å². The summed E-state index contributed by atoms with van der Waals surface area (Å²) in [4.78, 5) is 23.4. The van der Waals surface area contributed by atoms with Gasteiger partial charge in [-0.05, 0) is 49.4 Å². The van der Waals surface area contributed by atoms with Crippen LogP contribution in [0.3, 0.4) is 0 Å². The number of amides is 1. The number of aryl methyl sites for hydroxylation is 1. The molecule has 1 fully saturated rings. The summed E-state index contributed by atoms with van der Waals surface area (Å²) in [6.45, 7) is 2.27. The van der Waals surface area contributed by atoms with Gasteiger partial charge in [-0.15, -0.1) is 0 Å². The van der Waals surface area contributed by atoms with Crippen molar-refractivity contribution in [3.05, 3.63) is 65.7 Å². The summed E-state index contributed by atoms with van der Waals surface area (Å²) >= 11 is 0. The molecule has 3 rings (SSSR count). The predicted octanol–water partition coefficient (Wildman–Crippen LogP) is 4.22. The van der Waals surface area contributed by atoms with Gasteiger partial charge >= 0.3 is 0 Å². The van der Waals surface area contributed by atoms with E-state index in [-0.39, 0.29) is 23.7 Å². The van der Waals surface area contributed by atoms with E-state index in [1.807, 2.05) is 30.3 Å². The van der Waals surface area contributed by atoms with Gasteiger partial charge in [-0.3, -0.25) is 4.79 Å². The van der Waals surface area contributed by atoms with E-state index >= 15 is 0 Å². The third-order valence-corrected chi connectivity index (χ3v) is 5.63. The molecule has 0 aromatic heterocycles. The number of Topliss-reactive ketones (excluding diaryl/α,β-unsaturated/α-hetero) is 1. The minimum atomic E-state index is -0.0946. The van der Waals surface area contributed by atoms with E-state index in [2.05, 4.69) is 29.6 Å². The van der Waals surface area contributed by atoms with Gasteiger partial charge in [0.15, 0.2) is 6.61 Å². The predicted molar refractivity (Wildman–Crippen MR) is 111 cm³/mol. The summed E-state index contributed by atoms with van der Waals surface area (Å²) in [5.74, 6) is 0.760. The summed E-state index contributed by atoms with van der Waals surface area (Å²) in [6, 6.07) is 18.1. The van der Waals surface area contributed by atoms with Crippen molar-refractivity contribution < 1.29 is 14.3 Å². The second-order valence-corrected chi connectivity index (χ2v) is 7.76. The normalized spacial score (nSPS) is 15.2. The number of carbonyl (C=O) groups is 2. The van der Waals surface area contributed by atoms with Crippen LogP contribution in [0.4, 0.5) is 0 Å². The molecule has 0 bridgehead atoms. The first-order chi connectivity index (χ1) is 13.6. The number of carbonyl (C=O) groups excluding carboxylic acids is 2. The van der Waals surface area contributed by atoms with Crippen molar-refractivity contribution >= 4 is 11.7 Å². The highest BCUT2D eigenvalue weighted by molar-refractivity contribution is 5.77. The van der Waals surface area contributed by atoms with E-state index in [0.717, 1.165) is 24.8 Å². The number of ether oxygens (including phenoxy) is 1. The van der Waals surface area contributed by atoms with Crippen LogP contribution in [-0.4, -0.2) is 24.8 Å². The Labute approximate surface area is 167 Å². The average molecular weight is 380 g/mol. The smallest absolute Gasteiger partial charge is 0.257 e. The molecule has 4 heteroatoms. The maximum Gasteiger partial charge on any atom is 0.257 e. The van der Waals surface area contributed by atoms with E-state index in [1.54, 1.807) is 6.92 Å². The molecule has 0 heterocycles. The number of benzene rings is 2. The number of ketones is 1. The Kier molecular flexibility index (Phi) is 6.85. The molecule has 1 N–H and O–H groups in total. The lowest BCUT2D eigenvalue weighted by Gasteiger charge is -2.30. The van der Waals surface area contributed by atoms with Gasteiger partial charge in [0.25, 0.3) is 5.91 Å². The third kappa shape index (κ3) is 5.44. The molecule has 2 aromatic carbocycles. The molecule has 0 atom stereocenters. The molecule has 1 aliphatic rings. The Morgan fingerprint density at radius 1 is 1.00 bits per heavy atom. The van der Waals surface area contributed by atoms with Gasteiger partial charge in [0.2, 0.25) is 0 Å². The topological polar surface area (TPSA) is 55.4 Å². The van der Waals surface area contributed by atoms with Gasteiger partial charge in [-0.1, -0.05) is 55.3 Å². The standard InChI is InChI=1S/C24H29NO3/c1-19(26)9-10-20-11-13-22(14-12-20)28-17-23(27)25-18-24(15-5-6-16-24)21-7-3-2-4-8-21/h2-4,7-8,11-14H,5-6,9-10,15-18H2,1H3,(H,25,27). The molecule has 0 spiro atoms. The largest absolute Gasteiger partial charge is 0.484 e. The van der Waals surface area contributed by atoms with Gasteiger partial charge in [-0.2, -0.15) is 0 Å². The highest BCUT2D eigenvalue weighted by Crippen LogP contribution is 2.40. The maximum absolute atomic E-state index is 12.3. The molecule has 1 aliphatic carbocycles. The van der Waals surface area contributed by atoms with Crippen molar-refractivity contribution in [1.29, 1.82) is 0 Å². The minimum absolute atomic E-state index is 0.0116. The van der Waals surface area contributed by atoms with E-state index in [4.69, 9.17) is 4.74 Å². The molecular formula is C24H29NO3. The summed E-state index contributed by atoms with van der Waals surface area (Å²) in [5.41, 5.74) is 2.46. The van der Waals surface area contributed by atoms with Crippen molar-refractivity contribution in [2.45, 2.75) is 50.9 Å². The van der Waals surface area contributed by atoms with Gasteiger partial charge in [0.1, 0.15) is 11.5 Å². The molecule has 28 heavy (non-hydrogen) atoms. The van der Waals surface area contributed by atoms with Crippen molar-refractivity contribution in [1.82, 2.24) is 5.32 Å². The molecule has 2 aromatic rings. The van der Waals surface area contributed by atoms with Crippen molar-refractivity contribution in [2.75, 3.05) is 13.2 Å². The van der Waals surface area contributed by atoms with Crippen LogP contribution >= 0.6 is 0 Å². The van der Waals surface area contributed by atoms with Crippen molar-refractivity contribution in [3.63, 3.8) is 0 Å². The number of hydrogen-bond acceptors (Lipinski definition) is 3. The first-order valence-electron chi connectivity index (χ1n) is 10.1. The first kappa shape index (κ1) is 20.1. The fourth-order valence-electron chi connectivity index (χ4n) is 3.95. The minimum Gasteiger partial charge on any atom is -0.484 e. The number of rotatable bonds is 9. The van der Waals surface area contributed by atoms with Crippen LogP contribution in [0.2, 0.25) is 0 Å². The van der Waals surface area contributed by atoms with E-state index in [9.17, 15) is 9.59 Å². The Balaban J connectivity index is 1.48. The zero-order valence-electron chi connectivity index (χ0n) is 16.6. The van der Waals surface area contributed by atoms with E-state index in [0.29, 0.717) is 18.7 Å². The Morgan fingerprint density at radius 3 is 2.32 bits per heavy atom. The van der Waals surface area contributed by atoms with Gasteiger partial charge in [0, 0.05) is 18.4 Å². The quantitative estimate of drug-likeness (QED) is 0.710. The van der Waals surface area contributed by atoms with Crippen LogP contribution < -0.4 is 10.1 Å². The van der Waals surface area contributed by atoms with Gasteiger partial charge in [-0.25, -0.2) is 0 Å². The molecule has 0 saturated heterocycles. The molecule has 0 radical (unpaired) electrons. The Morgan fingerprint density at radius 2 is 1.68 bits per heavy atom. The van der Waals surface area contributed by atoms with E-state index in [1.165, 1.54) is 18.4 Å². The highest BCUT2D eigenvalue weighted by atomic mass is 16.5. The van der Waals surface area contributed by atoms with E-state index < -0.39 is 0 Å². The SMILES string of the molecule is CC(=O)CCc1ccc(OCC(=O)NCC2(c3ccccc3)CCCC2)cc1. The molecule has 4 nitrogen and oxygen atoms in total. The molecule has 0 unspecified atom stereocenters. The first-order valence-corrected chi connectivity index (χ1v) is 10.1. The maximum atomic E-state index is 12.3. The van der Waals surface area contributed by atoms with Crippen LogP contribution in [0.5, 0.6) is 5.75 Å². The zero-order chi connectivity index (χ0) is 19.8. The number of nitrogens with one attached hydrogen (secondary N) is 1. The van der Waals surface area contributed by atoms with Crippen molar-refractivity contribution in [3.8, 4) is 5.75 Å². The fourth-order valence-corrected chi connectivity index (χ4v) is 3.95. The van der Waals surface area contributed by atoms with Crippen LogP contribution in [0.25, 0.3) is 0 Å². The molecule has 148 valence electrons. The highest BCUT2D eigenvalue weighted by Gasteiger charge is 2.35. The summed E-state index contributed by atoms with van der Waals surface area (Å²) in [6.07, 6.45) is 5.91. The molecule has 1 saturated carbocycles. The lowest BCUT2D eigenvalue weighted by atomic mass is 9.79. The third-order valence-electron chi connectivity index (χ3n) is 5.63. The summed E-state index contributed by atoms with van der Waals surface area (Å²) in [5, 5.41) is 3.08. The Hall–Kier alpha value is -2.62. The zero-order valence-corrected chi connectivity index (χ0v) is 16.6. The van der Waals surface area contributed by atoms with Crippen molar-refractivity contribution in [2.24, 2.45) is 0 Å². The van der Waals surface area contributed by atoms with Gasteiger partial charge < -0.3 is 14.8 Å². The number of hydrogen-bond donors (Lipinski definition) is 1. The molecular weight excluding hydrogens is 350 g/mol. The van der Waals surface area contributed by atoms with Crippen LogP contribution in [0, 0.1) is 0 Å². The molecule has 1 amide bonds. The van der Waals surface area contributed by atoms with Crippen LogP contribution in [-0.2, 0) is 21.4 Å². The second kappa shape index (κ2) is 9.54. The lowest BCUT2D eigenvalue weighted by Crippen LogP contribution is -2.40. The van der Waals surface area contributed by atoms with Gasteiger partial charge in [0.05, 0.1) is 0 Å². The average Bonchev–Trinajstić information content (AvgIpc) is 3.21. The monoisotopic (exact) mass is 379 g/mol. The fraction of sp³-hybridized carbons (Fsp3) is 0.417. The lowest BCUT2D eigenvalue weighted by molar-refractivity contribution is -0.123. The second-order valence-electron chi connectivity index (χ2n) is 7.76. The van der Waals surface area contributed by atoms with Crippen LogP contribution in [0.1, 0.15) is 50.2 Å². The Bertz CT molecular complexity index is 777. The summed E-state index contributed by atoms with van der Waals surface area (Å²) in [7, 11) is 0. The molecule has 0 aliphatic heterocycles. The summed E-state index contributed by atoms with van der Waals surface area (Å²) < 4.78 is 5.62.